The number of halogens is 1. The number of nitrogens with two attached hydrogens (primary N) is 1. The van der Waals surface area contributed by atoms with Gasteiger partial charge in [0.25, 0.3) is 0 Å². The van der Waals surface area contributed by atoms with E-state index in [1.165, 1.54) is 0 Å². The molecule has 20 heavy (non-hydrogen) atoms. The number of aliphatic hydroxyl groups is 1. The molecular formula is C15H13ClNO3-. The van der Waals surface area contributed by atoms with E-state index in [1.807, 2.05) is 0 Å². The Bertz CT molecular complexity index is 626. The minimum Gasteiger partial charge on any atom is -0.550 e. The summed E-state index contributed by atoms with van der Waals surface area (Å²) < 4.78 is 0. The SMILES string of the molecule is Nc1c(CC(=O)[O-])cccc1C(O)c1ccc(Cl)cc1. The fraction of sp³-hybridized carbons (Fsp3) is 0.133. The fourth-order valence-corrected chi connectivity index (χ4v) is 2.13. The minimum atomic E-state index is -1.21. The van der Waals surface area contributed by atoms with Crippen LogP contribution in [0.5, 0.6) is 0 Å². The van der Waals surface area contributed by atoms with Gasteiger partial charge in [-0.05, 0) is 23.3 Å². The third-order valence-corrected chi connectivity index (χ3v) is 3.30. The molecule has 0 fully saturated rings. The number of carboxylic acids is 1. The van der Waals surface area contributed by atoms with Gasteiger partial charge in [-0.25, -0.2) is 0 Å². The minimum absolute atomic E-state index is 0.263. The zero-order valence-corrected chi connectivity index (χ0v) is 11.3. The first-order valence-corrected chi connectivity index (χ1v) is 6.37. The Labute approximate surface area is 121 Å². The number of hydrogen-bond acceptors (Lipinski definition) is 4. The molecule has 0 amide bonds. The zero-order valence-electron chi connectivity index (χ0n) is 10.5. The molecule has 0 heterocycles. The lowest BCUT2D eigenvalue weighted by atomic mass is 9.96. The largest absolute Gasteiger partial charge is 0.550 e. The molecule has 0 aromatic heterocycles. The van der Waals surface area contributed by atoms with Crippen LogP contribution in [0.4, 0.5) is 5.69 Å². The fourth-order valence-electron chi connectivity index (χ4n) is 2.01. The van der Waals surface area contributed by atoms with Gasteiger partial charge in [-0.2, -0.15) is 0 Å². The van der Waals surface area contributed by atoms with Gasteiger partial charge in [-0.1, -0.05) is 41.9 Å². The highest BCUT2D eigenvalue weighted by Gasteiger charge is 2.15. The van der Waals surface area contributed by atoms with Crippen LogP contribution in [0.15, 0.2) is 42.5 Å². The maximum Gasteiger partial charge on any atom is 0.106 e. The zero-order chi connectivity index (χ0) is 14.7. The van der Waals surface area contributed by atoms with Crippen LogP contribution in [0.1, 0.15) is 22.8 Å². The summed E-state index contributed by atoms with van der Waals surface area (Å²) in [5.41, 5.74) is 7.71. The maximum absolute atomic E-state index is 10.7. The molecule has 0 aliphatic carbocycles. The van der Waals surface area contributed by atoms with Gasteiger partial charge in [0.1, 0.15) is 6.10 Å². The van der Waals surface area contributed by atoms with Crippen LogP contribution in [0, 0.1) is 0 Å². The van der Waals surface area contributed by atoms with E-state index in [9.17, 15) is 15.0 Å². The second kappa shape index (κ2) is 5.94. The molecule has 0 bridgehead atoms. The van der Waals surface area contributed by atoms with Crippen molar-refractivity contribution >= 4 is 23.3 Å². The number of nitrogen functional groups attached to an aromatic ring is 1. The highest BCUT2D eigenvalue weighted by molar-refractivity contribution is 6.30. The number of aliphatic carboxylic acids is 1. The summed E-state index contributed by atoms with van der Waals surface area (Å²) in [4.78, 5) is 10.7. The predicted octanol–water partition coefficient (Wildman–Crippen LogP) is 1.30. The van der Waals surface area contributed by atoms with Gasteiger partial charge in [0.05, 0.1) is 0 Å². The van der Waals surface area contributed by atoms with E-state index in [1.54, 1.807) is 42.5 Å². The Morgan fingerprint density at radius 1 is 1.25 bits per heavy atom. The molecule has 0 spiro atoms. The summed E-state index contributed by atoms with van der Waals surface area (Å²) in [5.74, 6) is -1.21. The van der Waals surface area contributed by atoms with Crippen LogP contribution < -0.4 is 10.8 Å². The molecule has 2 rings (SSSR count). The van der Waals surface area contributed by atoms with Gasteiger partial charge in [-0.15, -0.1) is 0 Å². The highest BCUT2D eigenvalue weighted by Crippen LogP contribution is 2.29. The lowest BCUT2D eigenvalue weighted by Gasteiger charge is -2.17. The van der Waals surface area contributed by atoms with Crippen molar-refractivity contribution in [2.45, 2.75) is 12.5 Å². The van der Waals surface area contributed by atoms with Gasteiger partial charge in [0.2, 0.25) is 0 Å². The van der Waals surface area contributed by atoms with Crippen LogP contribution >= 0.6 is 11.6 Å². The molecule has 4 nitrogen and oxygen atoms in total. The van der Waals surface area contributed by atoms with Crippen LogP contribution in [-0.4, -0.2) is 11.1 Å². The monoisotopic (exact) mass is 290 g/mol. The van der Waals surface area contributed by atoms with Crippen LogP contribution in [0.2, 0.25) is 5.02 Å². The van der Waals surface area contributed by atoms with E-state index in [0.29, 0.717) is 21.7 Å². The molecule has 0 aliphatic heterocycles. The van der Waals surface area contributed by atoms with Crippen molar-refractivity contribution in [1.82, 2.24) is 0 Å². The smallest absolute Gasteiger partial charge is 0.106 e. The summed E-state index contributed by atoms with van der Waals surface area (Å²) in [6.07, 6.45) is -1.22. The second-order valence-corrected chi connectivity index (χ2v) is 4.86. The van der Waals surface area contributed by atoms with Crippen molar-refractivity contribution in [3.8, 4) is 0 Å². The third-order valence-electron chi connectivity index (χ3n) is 3.05. The van der Waals surface area contributed by atoms with Crippen molar-refractivity contribution in [2.75, 3.05) is 5.73 Å². The molecule has 3 N–H and O–H groups in total. The van der Waals surface area contributed by atoms with Gasteiger partial charge in [0.15, 0.2) is 0 Å². The number of rotatable bonds is 4. The number of carbonyl (C=O) groups excluding carboxylic acids is 1. The van der Waals surface area contributed by atoms with E-state index in [-0.39, 0.29) is 12.1 Å². The topological polar surface area (TPSA) is 86.4 Å². The molecule has 1 unspecified atom stereocenters. The van der Waals surface area contributed by atoms with Gasteiger partial charge in [0, 0.05) is 28.7 Å². The first-order chi connectivity index (χ1) is 9.49. The third kappa shape index (κ3) is 3.10. The van der Waals surface area contributed by atoms with E-state index in [0.717, 1.165) is 0 Å². The molecular weight excluding hydrogens is 278 g/mol. The van der Waals surface area contributed by atoms with Gasteiger partial charge >= 0.3 is 0 Å². The Balaban J connectivity index is 2.37. The lowest BCUT2D eigenvalue weighted by Crippen LogP contribution is -2.25. The molecule has 2 aromatic carbocycles. The van der Waals surface area contributed by atoms with Crippen LogP contribution in [0.3, 0.4) is 0 Å². The van der Waals surface area contributed by atoms with Crippen molar-refractivity contribution in [3.63, 3.8) is 0 Å². The van der Waals surface area contributed by atoms with Gasteiger partial charge < -0.3 is 20.7 Å². The van der Waals surface area contributed by atoms with Crippen LogP contribution in [0.25, 0.3) is 0 Å². The summed E-state index contributed by atoms with van der Waals surface area (Å²) >= 11 is 5.80. The highest BCUT2D eigenvalue weighted by atomic mass is 35.5. The molecule has 5 heteroatoms. The molecule has 0 saturated carbocycles. The first-order valence-electron chi connectivity index (χ1n) is 5.99. The quantitative estimate of drug-likeness (QED) is 0.831. The van der Waals surface area contributed by atoms with Crippen molar-refractivity contribution < 1.29 is 15.0 Å². The summed E-state index contributed by atoms with van der Waals surface area (Å²) in [6, 6.07) is 11.6. The second-order valence-electron chi connectivity index (χ2n) is 4.42. The normalized spacial score (nSPS) is 12.1. The molecule has 104 valence electrons. The van der Waals surface area contributed by atoms with Gasteiger partial charge in [-0.3, -0.25) is 0 Å². The summed E-state index contributed by atoms with van der Waals surface area (Å²) in [7, 11) is 0. The van der Waals surface area contributed by atoms with E-state index in [2.05, 4.69) is 0 Å². The van der Waals surface area contributed by atoms with Crippen molar-refractivity contribution in [2.24, 2.45) is 0 Å². The number of para-hydroxylation sites is 1. The molecule has 0 saturated heterocycles. The van der Waals surface area contributed by atoms with Crippen molar-refractivity contribution in [3.05, 3.63) is 64.2 Å². The Hall–Kier alpha value is -2.04. The average molecular weight is 291 g/mol. The maximum atomic E-state index is 10.7. The number of carboxylic acid groups (broad SMARTS) is 1. The number of anilines is 1. The average Bonchev–Trinajstić information content (AvgIpc) is 2.41. The summed E-state index contributed by atoms with van der Waals surface area (Å²) in [6.45, 7) is 0. The summed E-state index contributed by atoms with van der Waals surface area (Å²) in [5, 5.41) is 21.6. The number of carbonyl (C=O) groups is 1. The molecule has 1 atom stereocenters. The first kappa shape index (κ1) is 14.4. The number of hydrogen-bond donors (Lipinski definition) is 2. The van der Waals surface area contributed by atoms with E-state index in [4.69, 9.17) is 17.3 Å². The lowest BCUT2D eigenvalue weighted by molar-refractivity contribution is -0.304. The van der Waals surface area contributed by atoms with Crippen LogP contribution in [-0.2, 0) is 11.2 Å². The number of aliphatic hydroxyl groups excluding tert-OH is 1. The van der Waals surface area contributed by atoms with Crippen molar-refractivity contribution in [1.29, 1.82) is 0 Å². The standard InChI is InChI=1S/C15H14ClNO3/c16-11-6-4-9(5-7-11)15(20)12-3-1-2-10(14(12)17)8-13(18)19/h1-7,15,20H,8,17H2,(H,18,19)/p-1. The Morgan fingerprint density at radius 2 is 1.90 bits per heavy atom. The van der Waals surface area contributed by atoms with E-state index >= 15 is 0 Å². The Morgan fingerprint density at radius 3 is 2.50 bits per heavy atom. The Kier molecular flexibility index (Phi) is 4.27. The molecule has 2 aromatic rings. The number of benzene rings is 2. The predicted molar refractivity (Wildman–Crippen MR) is 75.1 cm³/mol. The molecule has 0 aliphatic rings. The molecule has 0 radical (unpaired) electrons. The van der Waals surface area contributed by atoms with E-state index < -0.39 is 12.1 Å².